The minimum atomic E-state index is -4.59. The third-order valence-corrected chi connectivity index (χ3v) is 5.60. The lowest BCUT2D eigenvalue weighted by Gasteiger charge is -2.34. The van der Waals surface area contributed by atoms with Crippen molar-refractivity contribution in [1.82, 2.24) is 14.8 Å². The SMILES string of the molecule is COc1ccc(C2CC(C(F)(F)F)n3ncc(C(=O)Nc4cccnc4Cl)c3N2)cc1OC. The van der Waals surface area contributed by atoms with Gasteiger partial charge in [-0.1, -0.05) is 17.7 Å². The van der Waals surface area contributed by atoms with E-state index in [4.69, 9.17) is 21.1 Å². The molecule has 0 saturated heterocycles. The number of halogens is 4. The Morgan fingerprint density at radius 3 is 2.67 bits per heavy atom. The fraction of sp³-hybridized carbons (Fsp3) is 0.286. The third kappa shape index (κ3) is 4.40. The Labute approximate surface area is 191 Å². The highest BCUT2D eigenvalue weighted by Crippen LogP contribution is 2.45. The monoisotopic (exact) mass is 481 g/mol. The highest BCUT2D eigenvalue weighted by molar-refractivity contribution is 6.32. The van der Waals surface area contributed by atoms with Crippen LogP contribution in [0.4, 0.5) is 24.7 Å². The maximum atomic E-state index is 13.9. The number of hydrogen-bond acceptors (Lipinski definition) is 6. The smallest absolute Gasteiger partial charge is 0.410 e. The van der Waals surface area contributed by atoms with Crippen molar-refractivity contribution in [2.45, 2.75) is 24.7 Å². The van der Waals surface area contributed by atoms with E-state index in [9.17, 15) is 18.0 Å². The lowest BCUT2D eigenvalue weighted by Crippen LogP contribution is -2.36. The van der Waals surface area contributed by atoms with Crippen molar-refractivity contribution in [3.63, 3.8) is 0 Å². The Morgan fingerprint density at radius 1 is 1.24 bits per heavy atom. The molecule has 0 fully saturated rings. The van der Waals surface area contributed by atoms with Crippen LogP contribution in [0.5, 0.6) is 11.5 Å². The first-order chi connectivity index (χ1) is 15.7. The molecule has 12 heteroatoms. The zero-order chi connectivity index (χ0) is 23.8. The quantitative estimate of drug-likeness (QED) is 0.506. The number of carbonyl (C=O) groups excluding carboxylic acids is 1. The molecule has 1 amide bonds. The number of rotatable bonds is 5. The molecule has 3 heterocycles. The summed E-state index contributed by atoms with van der Waals surface area (Å²) in [6.45, 7) is 0. The normalized spacial score (nSPS) is 17.6. The van der Waals surface area contributed by atoms with Gasteiger partial charge >= 0.3 is 6.18 Å². The average Bonchev–Trinajstić information content (AvgIpc) is 3.22. The number of amides is 1. The van der Waals surface area contributed by atoms with Crippen LogP contribution in [0.1, 0.15) is 34.4 Å². The fourth-order valence-corrected chi connectivity index (χ4v) is 3.85. The topological polar surface area (TPSA) is 90.3 Å². The van der Waals surface area contributed by atoms with Gasteiger partial charge in [-0.15, -0.1) is 0 Å². The number of aromatic nitrogens is 3. The van der Waals surface area contributed by atoms with E-state index in [1.807, 2.05) is 0 Å². The van der Waals surface area contributed by atoms with Crippen LogP contribution in [-0.4, -0.2) is 41.1 Å². The van der Waals surface area contributed by atoms with Gasteiger partial charge in [0.15, 0.2) is 22.7 Å². The minimum absolute atomic E-state index is 0.0521. The van der Waals surface area contributed by atoms with Crippen molar-refractivity contribution in [1.29, 1.82) is 0 Å². The maximum absolute atomic E-state index is 13.9. The summed E-state index contributed by atoms with van der Waals surface area (Å²) < 4.78 is 53.0. The van der Waals surface area contributed by atoms with Crippen molar-refractivity contribution in [3.8, 4) is 11.5 Å². The van der Waals surface area contributed by atoms with E-state index >= 15 is 0 Å². The second-order valence-electron chi connectivity index (χ2n) is 7.25. The van der Waals surface area contributed by atoms with Gasteiger partial charge < -0.3 is 20.1 Å². The van der Waals surface area contributed by atoms with E-state index in [-0.39, 0.29) is 28.6 Å². The molecule has 1 aliphatic rings. The van der Waals surface area contributed by atoms with Crippen LogP contribution in [0.25, 0.3) is 0 Å². The first kappa shape index (κ1) is 22.7. The number of alkyl halides is 3. The van der Waals surface area contributed by atoms with Crippen LogP contribution in [0, 0.1) is 0 Å². The zero-order valence-corrected chi connectivity index (χ0v) is 18.2. The Kier molecular flexibility index (Phi) is 6.07. The number of nitrogens with zero attached hydrogens (tertiary/aromatic N) is 3. The molecular formula is C21H19ClF3N5O3. The van der Waals surface area contributed by atoms with E-state index in [1.165, 1.54) is 26.5 Å². The number of pyridine rings is 1. The van der Waals surface area contributed by atoms with Crippen molar-refractivity contribution >= 4 is 29.0 Å². The van der Waals surface area contributed by atoms with E-state index in [1.54, 1.807) is 24.3 Å². The zero-order valence-electron chi connectivity index (χ0n) is 17.5. The van der Waals surface area contributed by atoms with Gasteiger partial charge in [0, 0.05) is 12.6 Å². The number of anilines is 2. The molecule has 0 aliphatic carbocycles. The van der Waals surface area contributed by atoms with Crippen LogP contribution >= 0.6 is 11.6 Å². The molecule has 0 spiro atoms. The number of fused-ring (bicyclic) bond motifs is 1. The molecule has 0 saturated carbocycles. The Hall–Kier alpha value is -3.47. The van der Waals surface area contributed by atoms with Gasteiger partial charge in [0.05, 0.1) is 32.1 Å². The summed E-state index contributed by atoms with van der Waals surface area (Å²) in [4.78, 5) is 16.7. The van der Waals surface area contributed by atoms with Gasteiger partial charge in [-0.25, -0.2) is 9.67 Å². The summed E-state index contributed by atoms with van der Waals surface area (Å²) >= 11 is 5.98. The summed E-state index contributed by atoms with van der Waals surface area (Å²) in [7, 11) is 2.91. The fourth-order valence-electron chi connectivity index (χ4n) is 3.69. The number of ether oxygens (including phenoxy) is 2. The minimum Gasteiger partial charge on any atom is -0.493 e. The molecule has 174 valence electrons. The second kappa shape index (κ2) is 8.81. The van der Waals surface area contributed by atoms with Crippen LogP contribution in [-0.2, 0) is 0 Å². The van der Waals surface area contributed by atoms with Gasteiger partial charge in [-0.2, -0.15) is 18.3 Å². The summed E-state index contributed by atoms with van der Waals surface area (Å²) in [5.41, 5.74) is 0.703. The third-order valence-electron chi connectivity index (χ3n) is 5.30. The molecule has 0 bridgehead atoms. The molecule has 3 aromatic rings. The van der Waals surface area contributed by atoms with Crippen LogP contribution in [0.2, 0.25) is 5.15 Å². The number of hydrogen-bond donors (Lipinski definition) is 2. The second-order valence-corrected chi connectivity index (χ2v) is 7.61. The van der Waals surface area contributed by atoms with E-state index in [0.29, 0.717) is 17.1 Å². The Bertz CT molecular complexity index is 1180. The molecule has 2 N–H and O–H groups in total. The first-order valence-corrected chi connectivity index (χ1v) is 10.1. The summed E-state index contributed by atoms with van der Waals surface area (Å²) in [6, 6.07) is 5.26. The molecule has 2 atom stereocenters. The largest absolute Gasteiger partial charge is 0.493 e. The van der Waals surface area contributed by atoms with E-state index < -0.39 is 24.2 Å². The standard InChI is InChI=1S/C21H19ClF3N5O3/c1-32-15-6-5-11(8-16(15)33-2)14-9-17(21(23,24)25)30-19(28-14)12(10-27-30)20(31)29-13-4-3-7-26-18(13)22/h3-8,10,14,17,28H,9H2,1-2H3,(H,29,31). The van der Waals surface area contributed by atoms with Crippen LogP contribution < -0.4 is 20.1 Å². The first-order valence-electron chi connectivity index (χ1n) is 9.77. The Balaban J connectivity index is 1.71. The van der Waals surface area contributed by atoms with Gasteiger partial charge in [0.2, 0.25) is 0 Å². The number of nitrogens with one attached hydrogen (secondary N) is 2. The summed E-state index contributed by atoms with van der Waals surface area (Å²) in [5, 5.41) is 9.50. The molecule has 2 aromatic heterocycles. The van der Waals surface area contributed by atoms with Crippen molar-refractivity contribution in [2.75, 3.05) is 24.9 Å². The predicted molar refractivity (Wildman–Crippen MR) is 115 cm³/mol. The number of methoxy groups -OCH3 is 2. The number of benzene rings is 1. The summed E-state index contributed by atoms with van der Waals surface area (Å²) in [6.07, 6.45) is -2.37. The lowest BCUT2D eigenvalue weighted by atomic mass is 9.96. The summed E-state index contributed by atoms with van der Waals surface area (Å²) in [5.74, 6) is 0.0972. The van der Waals surface area contributed by atoms with Crippen molar-refractivity contribution in [2.24, 2.45) is 0 Å². The van der Waals surface area contributed by atoms with Gasteiger partial charge in [0.25, 0.3) is 5.91 Å². The highest BCUT2D eigenvalue weighted by atomic mass is 35.5. The molecule has 0 radical (unpaired) electrons. The lowest BCUT2D eigenvalue weighted by molar-refractivity contribution is -0.173. The predicted octanol–water partition coefficient (Wildman–Crippen LogP) is 4.86. The Morgan fingerprint density at radius 2 is 2.00 bits per heavy atom. The molecule has 2 unspecified atom stereocenters. The van der Waals surface area contributed by atoms with Crippen molar-refractivity contribution < 1.29 is 27.4 Å². The molecule has 33 heavy (non-hydrogen) atoms. The average molecular weight is 482 g/mol. The molecule has 4 rings (SSSR count). The van der Waals surface area contributed by atoms with Gasteiger partial charge in [0.1, 0.15) is 11.4 Å². The highest BCUT2D eigenvalue weighted by Gasteiger charge is 2.47. The van der Waals surface area contributed by atoms with Crippen LogP contribution in [0.3, 0.4) is 0 Å². The maximum Gasteiger partial charge on any atom is 0.410 e. The molecule has 1 aromatic carbocycles. The molecule has 1 aliphatic heterocycles. The molecule has 8 nitrogen and oxygen atoms in total. The van der Waals surface area contributed by atoms with E-state index in [2.05, 4.69) is 20.7 Å². The van der Waals surface area contributed by atoms with Crippen LogP contribution in [0.15, 0.2) is 42.7 Å². The van der Waals surface area contributed by atoms with Gasteiger partial charge in [-0.3, -0.25) is 4.79 Å². The van der Waals surface area contributed by atoms with Crippen molar-refractivity contribution in [3.05, 3.63) is 59.0 Å². The molecular weight excluding hydrogens is 463 g/mol. The number of carbonyl (C=O) groups is 1. The van der Waals surface area contributed by atoms with Gasteiger partial charge in [-0.05, 0) is 29.8 Å². The van der Waals surface area contributed by atoms with E-state index in [0.717, 1.165) is 10.9 Å².